The summed E-state index contributed by atoms with van der Waals surface area (Å²) >= 11 is 0. The lowest BCUT2D eigenvalue weighted by molar-refractivity contribution is -0.201. The van der Waals surface area contributed by atoms with E-state index < -0.39 is 17.6 Å². The first-order valence-corrected chi connectivity index (χ1v) is 7.38. The number of halogens is 3. The van der Waals surface area contributed by atoms with E-state index in [1.165, 1.54) is 16.9 Å². The largest absolute Gasteiger partial charge is 0.411 e. The second-order valence-corrected chi connectivity index (χ2v) is 5.84. The van der Waals surface area contributed by atoms with Crippen molar-refractivity contribution in [2.75, 3.05) is 0 Å². The second kappa shape index (κ2) is 5.47. The molecule has 2 heterocycles. The molecule has 6 nitrogen and oxygen atoms in total. The molecule has 3 rings (SSSR count). The fraction of sp³-hybridized carbons (Fsp3) is 0.571. The predicted octanol–water partition coefficient (Wildman–Crippen LogP) is 2.36. The quantitative estimate of drug-likeness (QED) is 0.919. The van der Waals surface area contributed by atoms with E-state index >= 15 is 0 Å². The molecule has 0 atom stereocenters. The lowest BCUT2D eigenvalue weighted by Crippen LogP contribution is -2.59. The van der Waals surface area contributed by atoms with Crippen LogP contribution in [-0.2, 0) is 7.05 Å². The van der Waals surface area contributed by atoms with Crippen molar-refractivity contribution in [3.8, 4) is 0 Å². The zero-order chi connectivity index (χ0) is 16.7. The standard InChI is InChI=1S/C14H16F3N5O/c1-22-11-10(20-21-22)9(5-8-18-11)12(23)19-13(14(15,16)17)6-3-2-4-7-13/h5,8H,2-4,6-7H2,1H3,(H,19,23). The van der Waals surface area contributed by atoms with Crippen molar-refractivity contribution >= 4 is 17.1 Å². The number of hydrogen-bond acceptors (Lipinski definition) is 4. The van der Waals surface area contributed by atoms with E-state index in [9.17, 15) is 18.0 Å². The van der Waals surface area contributed by atoms with Crippen LogP contribution in [0.15, 0.2) is 12.3 Å². The van der Waals surface area contributed by atoms with E-state index in [1.54, 1.807) is 7.05 Å². The first-order valence-electron chi connectivity index (χ1n) is 7.38. The number of aryl methyl sites for hydroxylation is 1. The van der Waals surface area contributed by atoms with Gasteiger partial charge in [-0.15, -0.1) is 5.10 Å². The molecule has 0 aromatic carbocycles. The molecule has 0 aliphatic heterocycles. The molecule has 0 spiro atoms. The van der Waals surface area contributed by atoms with E-state index in [4.69, 9.17) is 0 Å². The molecule has 1 fully saturated rings. The number of fused-ring (bicyclic) bond motifs is 1. The molecule has 23 heavy (non-hydrogen) atoms. The van der Waals surface area contributed by atoms with Crippen LogP contribution in [-0.4, -0.2) is 37.6 Å². The summed E-state index contributed by atoms with van der Waals surface area (Å²) in [5.74, 6) is -0.794. The predicted molar refractivity (Wildman–Crippen MR) is 75.6 cm³/mol. The van der Waals surface area contributed by atoms with Gasteiger partial charge in [-0.3, -0.25) is 4.79 Å². The molecular formula is C14H16F3N5O. The van der Waals surface area contributed by atoms with Gasteiger partial charge in [0.2, 0.25) is 0 Å². The van der Waals surface area contributed by atoms with Crippen molar-refractivity contribution in [3.05, 3.63) is 17.8 Å². The fourth-order valence-electron chi connectivity index (χ4n) is 3.04. The van der Waals surface area contributed by atoms with Gasteiger partial charge in [0, 0.05) is 13.2 Å². The highest BCUT2D eigenvalue weighted by molar-refractivity contribution is 6.04. The first-order chi connectivity index (χ1) is 10.8. The number of amides is 1. The Morgan fingerprint density at radius 3 is 2.65 bits per heavy atom. The van der Waals surface area contributed by atoms with Crippen LogP contribution >= 0.6 is 0 Å². The SMILES string of the molecule is Cn1nnc2c(C(=O)NC3(C(F)(F)F)CCCCC3)ccnc21. The molecule has 2 aromatic rings. The van der Waals surface area contributed by atoms with Crippen molar-refractivity contribution in [1.29, 1.82) is 0 Å². The maximum atomic E-state index is 13.5. The number of alkyl halides is 3. The highest BCUT2D eigenvalue weighted by atomic mass is 19.4. The normalized spacial score (nSPS) is 18.1. The lowest BCUT2D eigenvalue weighted by Gasteiger charge is -2.39. The Kier molecular flexibility index (Phi) is 3.73. The van der Waals surface area contributed by atoms with Crippen molar-refractivity contribution < 1.29 is 18.0 Å². The summed E-state index contributed by atoms with van der Waals surface area (Å²) in [4.78, 5) is 16.5. The van der Waals surface area contributed by atoms with E-state index in [0.717, 1.165) is 6.42 Å². The van der Waals surface area contributed by atoms with Gasteiger partial charge < -0.3 is 5.32 Å². The highest BCUT2D eigenvalue weighted by Gasteiger charge is 2.55. The van der Waals surface area contributed by atoms with Crippen LogP contribution in [0.2, 0.25) is 0 Å². The fourth-order valence-corrected chi connectivity index (χ4v) is 3.04. The van der Waals surface area contributed by atoms with Crippen molar-refractivity contribution in [1.82, 2.24) is 25.3 Å². The third-order valence-corrected chi connectivity index (χ3v) is 4.34. The smallest absolute Gasteiger partial charge is 0.338 e. The number of nitrogens with zero attached hydrogens (tertiary/aromatic N) is 4. The lowest BCUT2D eigenvalue weighted by atomic mass is 9.81. The van der Waals surface area contributed by atoms with E-state index in [-0.39, 0.29) is 23.9 Å². The summed E-state index contributed by atoms with van der Waals surface area (Å²) in [5.41, 5.74) is -1.57. The maximum absolute atomic E-state index is 13.5. The molecule has 1 aliphatic rings. The molecular weight excluding hydrogens is 311 g/mol. The molecule has 2 aromatic heterocycles. The molecule has 1 amide bonds. The topological polar surface area (TPSA) is 72.7 Å². The van der Waals surface area contributed by atoms with E-state index in [0.29, 0.717) is 18.5 Å². The summed E-state index contributed by atoms with van der Waals surface area (Å²) in [6, 6.07) is 1.36. The first kappa shape index (κ1) is 15.7. The van der Waals surface area contributed by atoms with Crippen LogP contribution in [0.25, 0.3) is 11.2 Å². The van der Waals surface area contributed by atoms with Crippen LogP contribution in [0.5, 0.6) is 0 Å². The molecule has 0 unspecified atom stereocenters. The Labute approximate surface area is 130 Å². The number of carbonyl (C=O) groups excluding carboxylic acids is 1. The number of carbonyl (C=O) groups is 1. The number of hydrogen-bond donors (Lipinski definition) is 1. The highest BCUT2D eigenvalue weighted by Crippen LogP contribution is 2.41. The monoisotopic (exact) mass is 327 g/mol. The van der Waals surface area contributed by atoms with Gasteiger partial charge in [0.15, 0.2) is 5.65 Å². The molecule has 0 radical (unpaired) electrons. The third kappa shape index (κ3) is 2.64. The molecule has 1 saturated carbocycles. The Hall–Kier alpha value is -2.19. The van der Waals surface area contributed by atoms with Crippen LogP contribution in [0, 0.1) is 0 Å². The molecule has 1 N–H and O–H groups in total. The van der Waals surface area contributed by atoms with Crippen molar-refractivity contribution in [2.45, 2.75) is 43.8 Å². The Bertz CT molecular complexity index is 734. The van der Waals surface area contributed by atoms with Gasteiger partial charge in [0.25, 0.3) is 5.91 Å². The molecule has 0 saturated heterocycles. The molecule has 0 bridgehead atoms. The van der Waals surface area contributed by atoms with Crippen LogP contribution in [0.3, 0.4) is 0 Å². The van der Waals surface area contributed by atoms with Gasteiger partial charge in [0.05, 0.1) is 5.56 Å². The van der Waals surface area contributed by atoms with Gasteiger partial charge in [-0.1, -0.05) is 24.5 Å². The Morgan fingerprint density at radius 1 is 1.30 bits per heavy atom. The van der Waals surface area contributed by atoms with Crippen LogP contribution in [0.4, 0.5) is 13.2 Å². The molecule has 124 valence electrons. The van der Waals surface area contributed by atoms with Gasteiger partial charge in [0.1, 0.15) is 11.1 Å². The minimum Gasteiger partial charge on any atom is -0.338 e. The molecule has 1 aliphatic carbocycles. The minimum atomic E-state index is -4.49. The van der Waals surface area contributed by atoms with Crippen molar-refractivity contribution in [2.24, 2.45) is 7.05 Å². The van der Waals surface area contributed by atoms with Gasteiger partial charge in [-0.05, 0) is 18.9 Å². The van der Waals surface area contributed by atoms with Crippen molar-refractivity contribution in [3.63, 3.8) is 0 Å². The zero-order valence-corrected chi connectivity index (χ0v) is 12.5. The second-order valence-electron chi connectivity index (χ2n) is 5.84. The maximum Gasteiger partial charge on any atom is 0.411 e. The van der Waals surface area contributed by atoms with Gasteiger partial charge in [-0.25, -0.2) is 9.67 Å². The number of rotatable bonds is 2. The average Bonchev–Trinajstić information content (AvgIpc) is 2.89. The Balaban J connectivity index is 1.95. The van der Waals surface area contributed by atoms with Gasteiger partial charge >= 0.3 is 6.18 Å². The summed E-state index contributed by atoms with van der Waals surface area (Å²) < 4.78 is 42.0. The summed E-state index contributed by atoms with van der Waals surface area (Å²) in [6.45, 7) is 0. The Morgan fingerprint density at radius 2 is 2.00 bits per heavy atom. The van der Waals surface area contributed by atoms with E-state index in [1.807, 2.05) is 0 Å². The third-order valence-electron chi connectivity index (χ3n) is 4.34. The number of pyridine rings is 1. The summed E-state index contributed by atoms with van der Waals surface area (Å²) in [6.07, 6.45) is -1.70. The minimum absolute atomic E-state index is 0.0531. The average molecular weight is 327 g/mol. The number of nitrogens with one attached hydrogen (secondary N) is 1. The van der Waals surface area contributed by atoms with Crippen LogP contribution in [0.1, 0.15) is 42.5 Å². The van der Waals surface area contributed by atoms with E-state index in [2.05, 4.69) is 20.6 Å². The summed E-state index contributed by atoms with van der Waals surface area (Å²) in [7, 11) is 1.60. The molecule has 9 heteroatoms. The van der Waals surface area contributed by atoms with Gasteiger partial charge in [-0.2, -0.15) is 13.2 Å². The zero-order valence-electron chi connectivity index (χ0n) is 12.5. The summed E-state index contributed by atoms with van der Waals surface area (Å²) in [5, 5.41) is 9.80. The number of aromatic nitrogens is 4. The van der Waals surface area contributed by atoms with Crippen LogP contribution < -0.4 is 5.32 Å².